The molecule has 0 atom stereocenters. The Morgan fingerprint density at radius 3 is 2.20 bits per heavy atom. The molecule has 0 N–H and O–H groups in total. The van der Waals surface area contributed by atoms with Gasteiger partial charge in [0.25, 0.3) is 0 Å². The topological polar surface area (TPSA) is 51.8 Å². The van der Waals surface area contributed by atoms with Gasteiger partial charge < -0.3 is 14.4 Å². The van der Waals surface area contributed by atoms with Crippen molar-refractivity contribution >= 4 is 43.5 Å². The monoisotopic (exact) mass is 877 g/mol. The number of aromatic nitrogens is 3. The molecule has 0 amide bonds. The van der Waals surface area contributed by atoms with Gasteiger partial charge in [0.1, 0.15) is 11.1 Å². The molecule has 4 heterocycles. The second kappa shape index (κ2) is 14.7. The van der Waals surface area contributed by atoms with Crippen molar-refractivity contribution in [3.63, 3.8) is 0 Å². The van der Waals surface area contributed by atoms with E-state index >= 15 is 0 Å². The van der Waals surface area contributed by atoms with E-state index in [4.69, 9.17) is 16.3 Å². The van der Waals surface area contributed by atoms with Crippen molar-refractivity contribution in [1.82, 2.24) is 15.0 Å². The molecule has 7 aromatic rings. The SMILES string of the molecule is Cc1c[c-]c(-c2ccc(CC(C)(C)C)cn2)cc1.[2H]C([2H])([2H])c1cnc(-c2[c-]ccc3c2oc2c3ccc3sc(C(C)(C)C)nc32)cc1C([2H])([2H])C(C)(C)C.[Ir]. The first-order chi connectivity index (χ1) is 25.4. The Hall–Kier alpha value is -3.70. The molecule has 4 aromatic heterocycles. The molecule has 0 aliphatic carbocycles. The van der Waals surface area contributed by atoms with Gasteiger partial charge in [0.15, 0.2) is 0 Å². The maximum atomic E-state index is 8.84. The first-order valence-corrected chi connectivity index (χ1v) is 17.9. The van der Waals surface area contributed by atoms with Crippen molar-refractivity contribution in [3.8, 4) is 22.5 Å². The van der Waals surface area contributed by atoms with Crippen LogP contribution in [-0.2, 0) is 38.3 Å². The van der Waals surface area contributed by atoms with Gasteiger partial charge in [0.05, 0.1) is 15.3 Å². The number of aryl methyl sites for hydroxylation is 2. The van der Waals surface area contributed by atoms with E-state index in [0.717, 1.165) is 43.7 Å². The molecule has 0 aliphatic rings. The number of furan rings is 1. The Morgan fingerprint density at radius 2 is 1.57 bits per heavy atom. The molecule has 0 saturated carbocycles. The quantitative estimate of drug-likeness (QED) is 0.165. The molecule has 267 valence electrons. The minimum Gasteiger partial charge on any atom is -0.498 e. The molecule has 7 rings (SSSR count). The van der Waals surface area contributed by atoms with Crippen LogP contribution in [0.1, 0.15) is 96.4 Å². The van der Waals surface area contributed by atoms with E-state index in [0.29, 0.717) is 27.8 Å². The Morgan fingerprint density at radius 1 is 0.824 bits per heavy atom. The predicted octanol–water partition coefficient (Wildman–Crippen LogP) is 12.7. The van der Waals surface area contributed by atoms with Crippen LogP contribution in [0.5, 0.6) is 0 Å². The van der Waals surface area contributed by atoms with Crippen molar-refractivity contribution in [1.29, 1.82) is 0 Å². The van der Waals surface area contributed by atoms with Gasteiger partial charge in [-0.05, 0) is 59.1 Å². The van der Waals surface area contributed by atoms with Crippen molar-refractivity contribution in [2.75, 3.05) is 0 Å². The van der Waals surface area contributed by atoms with Crippen molar-refractivity contribution < 1.29 is 31.4 Å². The summed E-state index contributed by atoms with van der Waals surface area (Å²) in [5, 5.41) is 2.82. The number of fused-ring (bicyclic) bond motifs is 5. The molecule has 0 unspecified atom stereocenters. The van der Waals surface area contributed by atoms with Gasteiger partial charge in [-0.1, -0.05) is 110 Å². The van der Waals surface area contributed by atoms with Gasteiger partial charge in [-0.2, -0.15) is 0 Å². The summed E-state index contributed by atoms with van der Waals surface area (Å²) in [5.74, 6) is 0. The molecule has 0 spiro atoms. The molecule has 0 aliphatic heterocycles. The van der Waals surface area contributed by atoms with Gasteiger partial charge in [0.2, 0.25) is 0 Å². The molecule has 51 heavy (non-hydrogen) atoms. The molecule has 4 nitrogen and oxygen atoms in total. The number of hydrogen-bond donors (Lipinski definition) is 0. The number of thiazole rings is 1. The fourth-order valence-corrected chi connectivity index (χ4v) is 6.79. The first-order valence-electron chi connectivity index (χ1n) is 19.6. The summed E-state index contributed by atoms with van der Waals surface area (Å²) in [6, 6.07) is 26.2. The van der Waals surface area contributed by atoms with E-state index in [-0.39, 0.29) is 36.6 Å². The second-order valence-electron chi connectivity index (χ2n) is 16.3. The summed E-state index contributed by atoms with van der Waals surface area (Å²) in [4.78, 5) is 13.9. The third-order valence-electron chi connectivity index (χ3n) is 8.07. The zero-order valence-corrected chi connectivity index (χ0v) is 34.3. The maximum absolute atomic E-state index is 8.84. The van der Waals surface area contributed by atoms with Gasteiger partial charge in [0, 0.05) is 50.2 Å². The van der Waals surface area contributed by atoms with Crippen molar-refractivity contribution in [2.45, 2.75) is 94.3 Å². The van der Waals surface area contributed by atoms with Crippen LogP contribution in [0, 0.1) is 36.7 Å². The van der Waals surface area contributed by atoms with Gasteiger partial charge in [-0.25, -0.2) is 4.98 Å². The Bertz CT molecular complexity index is 2480. The third-order valence-corrected chi connectivity index (χ3v) is 9.52. The van der Waals surface area contributed by atoms with Crippen LogP contribution in [0.15, 0.2) is 77.5 Å². The largest absolute Gasteiger partial charge is 0.498 e. The van der Waals surface area contributed by atoms with Crippen molar-refractivity contribution in [3.05, 3.63) is 112 Å². The van der Waals surface area contributed by atoms with Gasteiger partial charge in [-0.15, -0.1) is 64.9 Å². The minimum atomic E-state index is -2.50. The fraction of sp³-hybridized carbons (Fsp3) is 0.356. The van der Waals surface area contributed by atoms with E-state index in [1.54, 1.807) is 44.2 Å². The van der Waals surface area contributed by atoms with E-state index in [2.05, 4.69) is 101 Å². The van der Waals surface area contributed by atoms with Crippen LogP contribution < -0.4 is 0 Å². The fourth-order valence-electron chi connectivity index (χ4n) is 5.76. The summed E-state index contributed by atoms with van der Waals surface area (Å²) in [6.45, 7) is 18.0. The average molecular weight is 877 g/mol. The van der Waals surface area contributed by atoms with Crippen LogP contribution in [0.25, 0.3) is 54.7 Å². The van der Waals surface area contributed by atoms with E-state index in [1.807, 2.05) is 24.4 Å². The number of rotatable bonds is 4. The molecule has 6 heteroatoms. The van der Waals surface area contributed by atoms with Crippen LogP contribution in [-0.4, -0.2) is 15.0 Å². The standard InChI is InChI=1S/C28H29N2OS.C17H20N.Ir/c1-16-15-29-21(13-17(16)14-27(2,3)4)20-10-8-9-18-19-11-12-22-23(25(19)31-24(18)20)30-26(32-22)28(5,6)7;1-13-5-8-15(9-6-13)16-10-7-14(12-18-16)11-17(2,3)4;/h8-9,11-13,15H,14H2,1-7H3;5-8,10,12H,11H2,1-4H3;/q2*-1;/i1D3,14D2;;. The summed E-state index contributed by atoms with van der Waals surface area (Å²) < 4.78 is 49.1. The summed E-state index contributed by atoms with van der Waals surface area (Å²) in [6.07, 6.45) is 2.38. The predicted molar refractivity (Wildman–Crippen MR) is 212 cm³/mol. The Balaban J connectivity index is 0.000000266. The summed E-state index contributed by atoms with van der Waals surface area (Å²) in [7, 11) is 0. The smallest absolute Gasteiger partial charge is 0.148 e. The Labute approximate surface area is 328 Å². The van der Waals surface area contributed by atoms with E-state index in [1.165, 1.54) is 17.3 Å². The van der Waals surface area contributed by atoms with Gasteiger partial charge in [-0.3, -0.25) is 0 Å². The molecule has 0 saturated heterocycles. The second-order valence-corrected chi connectivity index (χ2v) is 17.3. The number of nitrogens with zero attached hydrogens (tertiary/aromatic N) is 3. The van der Waals surface area contributed by atoms with Crippen LogP contribution in [0.2, 0.25) is 0 Å². The maximum Gasteiger partial charge on any atom is 0.148 e. The van der Waals surface area contributed by atoms with E-state index < -0.39 is 18.6 Å². The number of hydrogen-bond acceptors (Lipinski definition) is 5. The zero-order chi connectivity index (χ0) is 40.3. The van der Waals surface area contributed by atoms with Crippen molar-refractivity contribution in [2.24, 2.45) is 10.8 Å². The minimum absolute atomic E-state index is 0. The van der Waals surface area contributed by atoms with Gasteiger partial charge >= 0.3 is 0 Å². The summed E-state index contributed by atoms with van der Waals surface area (Å²) in [5.41, 5.74) is 6.97. The normalized spacial score (nSPS) is 14.2. The zero-order valence-electron chi connectivity index (χ0n) is 36.1. The van der Waals surface area contributed by atoms with Crippen LogP contribution >= 0.6 is 11.3 Å². The average Bonchev–Trinajstić information content (AvgIpc) is 3.70. The molecule has 3 aromatic carbocycles. The molecule has 0 bridgehead atoms. The molecule has 1 radical (unpaired) electrons. The van der Waals surface area contributed by atoms with Crippen LogP contribution in [0.4, 0.5) is 0 Å². The molecular weight excluding hydrogens is 823 g/mol. The Kier molecular flexibility index (Phi) is 9.24. The van der Waals surface area contributed by atoms with E-state index in [9.17, 15) is 0 Å². The molecule has 0 fully saturated rings. The number of pyridine rings is 2. The molecular formula is C45H49IrN3OS-2. The summed E-state index contributed by atoms with van der Waals surface area (Å²) >= 11 is 1.65. The number of benzene rings is 3. The third kappa shape index (κ3) is 9.03. The first kappa shape index (κ1) is 32.0. The van der Waals surface area contributed by atoms with Crippen LogP contribution in [0.3, 0.4) is 0 Å².